The second-order valence-corrected chi connectivity index (χ2v) is 11.5. The molecule has 0 saturated heterocycles. The van der Waals surface area contributed by atoms with Crippen molar-refractivity contribution in [1.29, 1.82) is 0 Å². The van der Waals surface area contributed by atoms with Gasteiger partial charge in [0, 0.05) is 0 Å². The molecule has 0 heterocycles. The molecular formula is C27H37Cl2Zr-. The normalized spacial score (nSPS) is 34.6. The molecule has 0 amide bonds. The molecule has 0 aliphatic heterocycles. The van der Waals surface area contributed by atoms with Crippen molar-refractivity contribution in [2.75, 3.05) is 0 Å². The van der Waals surface area contributed by atoms with E-state index in [2.05, 4.69) is 51.5 Å². The molecule has 3 fully saturated rings. The van der Waals surface area contributed by atoms with Crippen LogP contribution in [0.25, 0.3) is 0 Å². The molecule has 5 aliphatic rings. The van der Waals surface area contributed by atoms with Crippen molar-refractivity contribution in [2.24, 2.45) is 29.6 Å². The third kappa shape index (κ3) is 5.61. The van der Waals surface area contributed by atoms with Crippen molar-refractivity contribution in [3.8, 4) is 0 Å². The van der Waals surface area contributed by atoms with Crippen LogP contribution in [0.2, 0.25) is 0 Å². The third-order valence-corrected chi connectivity index (χ3v) is 9.45. The van der Waals surface area contributed by atoms with Gasteiger partial charge in [-0.1, -0.05) is 48.1 Å². The predicted molar refractivity (Wildman–Crippen MR) is 118 cm³/mol. The molecule has 164 valence electrons. The third-order valence-electron chi connectivity index (χ3n) is 8.22. The van der Waals surface area contributed by atoms with E-state index >= 15 is 0 Å². The molecule has 0 nitrogen and oxygen atoms in total. The summed E-state index contributed by atoms with van der Waals surface area (Å²) in [4.78, 5) is 0. The molecular weight excluding hydrogens is 486 g/mol. The fraction of sp³-hybridized carbons (Fsp3) is 0.630. The van der Waals surface area contributed by atoms with Gasteiger partial charge >= 0.3 is 59.5 Å². The molecule has 5 atom stereocenters. The molecule has 3 heteroatoms. The van der Waals surface area contributed by atoms with Crippen LogP contribution in [0, 0.1) is 36.0 Å². The van der Waals surface area contributed by atoms with Gasteiger partial charge in [-0.2, -0.15) is 5.92 Å². The zero-order valence-corrected chi connectivity index (χ0v) is 22.9. The van der Waals surface area contributed by atoms with Crippen LogP contribution in [-0.2, 0) is 24.2 Å². The summed E-state index contributed by atoms with van der Waals surface area (Å²) in [6.07, 6.45) is 25.0. The molecule has 0 aromatic carbocycles. The molecule has 5 aliphatic carbocycles. The van der Waals surface area contributed by atoms with E-state index < -0.39 is 0 Å². The average molecular weight is 524 g/mol. The minimum absolute atomic E-state index is 0. The monoisotopic (exact) mass is 521 g/mol. The predicted octanol–water partition coefficient (Wildman–Crippen LogP) is 1.33. The first-order valence-electron chi connectivity index (χ1n) is 11.7. The van der Waals surface area contributed by atoms with E-state index in [1.54, 1.807) is 49.7 Å². The van der Waals surface area contributed by atoms with Crippen LogP contribution in [0.4, 0.5) is 0 Å². The summed E-state index contributed by atoms with van der Waals surface area (Å²) >= 11 is 1.69. The Kier molecular flexibility index (Phi) is 10.6. The van der Waals surface area contributed by atoms with E-state index in [1.807, 2.05) is 0 Å². The van der Waals surface area contributed by atoms with Gasteiger partial charge in [-0.3, -0.25) is 0 Å². The van der Waals surface area contributed by atoms with Gasteiger partial charge in [-0.05, 0) is 56.6 Å². The number of allylic oxidation sites excluding steroid dienone is 8. The van der Waals surface area contributed by atoms with Crippen molar-refractivity contribution < 1.29 is 49.0 Å². The maximum atomic E-state index is 2.71. The van der Waals surface area contributed by atoms with Gasteiger partial charge < -0.3 is 31.2 Å². The zero-order chi connectivity index (χ0) is 19.7. The van der Waals surface area contributed by atoms with Crippen LogP contribution in [0.15, 0.2) is 46.6 Å². The number of hydrogen-bond donors (Lipinski definition) is 0. The van der Waals surface area contributed by atoms with Gasteiger partial charge in [0.2, 0.25) is 0 Å². The molecule has 5 unspecified atom stereocenters. The second-order valence-electron chi connectivity index (χ2n) is 9.79. The number of halogens is 2. The van der Waals surface area contributed by atoms with Crippen LogP contribution < -0.4 is 24.8 Å². The molecule has 0 spiro atoms. The van der Waals surface area contributed by atoms with E-state index in [-0.39, 0.29) is 24.8 Å². The fourth-order valence-corrected chi connectivity index (χ4v) is 7.28. The summed E-state index contributed by atoms with van der Waals surface area (Å²) in [5.41, 5.74) is 6.58. The van der Waals surface area contributed by atoms with Crippen molar-refractivity contribution in [3.05, 3.63) is 53.0 Å². The van der Waals surface area contributed by atoms with Crippen LogP contribution in [0.3, 0.4) is 0 Å². The molecule has 0 aromatic heterocycles. The Morgan fingerprint density at radius 1 is 0.867 bits per heavy atom. The standard InChI is InChI=1S/C21H27.C6H10.2ClH.Zr/c1-13-11-20(15(3)14(13)2)19-10-6-9-18-17-8-5-4-7-16(17)12-21(18)19;1-2-4-6-5-3-1;;;/h4-5,7-8,12,16-19,21H,6,9-11H2,1-3H3;1-5H2;2*1H;/q-1;;;;+2/p-2. The SMILES string of the molecule is CC1=C(C)C(C)=C(C2CCCC3C4C=CC=CC4[CH-]C23)C1.[Cl-].[Cl-].[Zr+2]=[C]1CCCCC1. The van der Waals surface area contributed by atoms with Gasteiger partial charge in [-0.15, -0.1) is 12.0 Å². The first kappa shape index (κ1) is 26.5. The van der Waals surface area contributed by atoms with Crippen LogP contribution in [-0.4, -0.2) is 3.21 Å². The molecule has 0 bridgehead atoms. The summed E-state index contributed by atoms with van der Waals surface area (Å²) in [6.45, 7) is 7.02. The topological polar surface area (TPSA) is 0 Å². The summed E-state index contributed by atoms with van der Waals surface area (Å²) in [6, 6.07) is 0. The first-order valence-corrected chi connectivity index (χ1v) is 12.9. The Balaban J connectivity index is 0.000000307. The quantitative estimate of drug-likeness (QED) is 0.455. The first-order chi connectivity index (χ1) is 13.6. The van der Waals surface area contributed by atoms with E-state index in [0.29, 0.717) is 5.92 Å². The molecule has 30 heavy (non-hydrogen) atoms. The summed E-state index contributed by atoms with van der Waals surface area (Å²) < 4.78 is 1.80. The van der Waals surface area contributed by atoms with Gasteiger partial charge in [0.25, 0.3) is 0 Å². The average Bonchev–Trinajstić information content (AvgIpc) is 3.22. The van der Waals surface area contributed by atoms with Crippen LogP contribution in [0.5, 0.6) is 0 Å². The van der Waals surface area contributed by atoms with Crippen molar-refractivity contribution in [2.45, 2.75) is 78.6 Å². The van der Waals surface area contributed by atoms with Gasteiger partial charge in [-0.25, -0.2) is 0 Å². The number of rotatable bonds is 1. The summed E-state index contributed by atoms with van der Waals surface area (Å²) in [5, 5.41) is 0. The summed E-state index contributed by atoms with van der Waals surface area (Å²) in [7, 11) is 0. The molecule has 5 rings (SSSR count). The molecule has 0 radical (unpaired) electrons. The van der Waals surface area contributed by atoms with Crippen molar-refractivity contribution >= 4 is 3.21 Å². The zero-order valence-electron chi connectivity index (χ0n) is 18.9. The maximum absolute atomic E-state index is 2.71. The minimum atomic E-state index is 0. The summed E-state index contributed by atoms with van der Waals surface area (Å²) in [5.74, 6) is 4.05. The second kappa shape index (κ2) is 12.0. The Bertz CT molecular complexity index is 734. The van der Waals surface area contributed by atoms with E-state index in [4.69, 9.17) is 0 Å². The van der Waals surface area contributed by atoms with Gasteiger partial charge in [0.05, 0.1) is 0 Å². The molecule has 0 aromatic rings. The van der Waals surface area contributed by atoms with Crippen molar-refractivity contribution in [1.82, 2.24) is 0 Å². The van der Waals surface area contributed by atoms with Gasteiger partial charge in [0.15, 0.2) is 0 Å². The fourth-order valence-electron chi connectivity index (χ4n) is 6.41. The number of hydrogen-bond acceptors (Lipinski definition) is 0. The Hall–Kier alpha value is 0.293. The van der Waals surface area contributed by atoms with Crippen LogP contribution in [0.1, 0.15) is 78.6 Å². The Labute approximate surface area is 212 Å². The van der Waals surface area contributed by atoms with Gasteiger partial charge in [0.1, 0.15) is 0 Å². The Morgan fingerprint density at radius 3 is 2.17 bits per heavy atom. The van der Waals surface area contributed by atoms with E-state index in [9.17, 15) is 0 Å². The van der Waals surface area contributed by atoms with Crippen molar-refractivity contribution in [3.63, 3.8) is 0 Å². The van der Waals surface area contributed by atoms with Crippen LogP contribution >= 0.6 is 0 Å². The van der Waals surface area contributed by atoms with E-state index in [0.717, 1.165) is 23.7 Å². The number of fused-ring (bicyclic) bond motifs is 3. The molecule has 0 N–H and O–H groups in total. The Morgan fingerprint density at radius 2 is 1.57 bits per heavy atom. The molecule has 3 saturated carbocycles. The van der Waals surface area contributed by atoms with E-state index in [1.165, 1.54) is 57.8 Å².